The van der Waals surface area contributed by atoms with E-state index in [-0.39, 0.29) is 5.41 Å². The van der Waals surface area contributed by atoms with Gasteiger partial charge in [0.05, 0.1) is 4.88 Å². The molecular weight excluding hydrogens is 268 g/mol. The van der Waals surface area contributed by atoms with Gasteiger partial charge in [0.15, 0.2) is 0 Å². The lowest BCUT2D eigenvalue weighted by Crippen LogP contribution is -2.10. The van der Waals surface area contributed by atoms with E-state index in [1.165, 1.54) is 5.56 Å². The highest BCUT2D eigenvalue weighted by atomic mass is 32.1. The van der Waals surface area contributed by atoms with Crippen LogP contribution in [0.1, 0.15) is 26.3 Å². The number of aromatic nitrogens is 2. The zero-order valence-corrected chi connectivity index (χ0v) is 12.6. The van der Waals surface area contributed by atoms with E-state index in [0.29, 0.717) is 11.7 Å². The van der Waals surface area contributed by atoms with Crippen LogP contribution in [0.5, 0.6) is 0 Å². The minimum Gasteiger partial charge on any atom is -0.333 e. The van der Waals surface area contributed by atoms with Crippen molar-refractivity contribution >= 4 is 11.3 Å². The summed E-state index contributed by atoms with van der Waals surface area (Å²) in [4.78, 5) is 5.44. The number of benzene rings is 1. The maximum Gasteiger partial charge on any atom is 0.268 e. The number of rotatable bonds is 2. The first kappa shape index (κ1) is 13.1. The highest BCUT2D eigenvalue weighted by Gasteiger charge is 2.15. The fraction of sp³-hybridized carbons (Fsp3) is 0.250. The smallest absolute Gasteiger partial charge is 0.268 e. The van der Waals surface area contributed by atoms with Crippen LogP contribution >= 0.6 is 11.3 Å². The van der Waals surface area contributed by atoms with Crippen LogP contribution in [0.15, 0.2) is 46.3 Å². The molecule has 0 saturated heterocycles. The van der Waals surface area contributed by atoms with Crippen molar-refractivity contribution in [2.24, 2.45) is 0 Å². The van der Waals surface area contributed by atoms with Crippen molar-refractivity contribution in [1.29, 1.82) is 0 Å². The van der Waals surface area contributed by atoms with Crippen molar-refractivity contribution in [1.82, 2.24) is 10.1 Å². The fourth-order valence-corrected chi connectivity index (χ4v) is 2.60. The van der Waals surface area contributed by atoms with Crippen molar-refractivity contribution in [2.75, 3.05) is 0 Å². The third-order valence-electron chi connectivity index (χ3n) is 3.17. The van der Waals surface area contributed by atoms with Gasteiger partial charge in [0.25, 0.3) is 5.89 Å². The number of nitrogens with zero attached hydrogens (tertiary/aromatic N) is 2. The summed E-state index contributed by atoms with van der Waals surface area (Å²) in [6.07, 6.45) is 0. The molecule has 0 aliphatic rings. The van der Waals surface area contributed by atoms with Crippen molar-refractivity contribution in [2.45, 2.75) is 26.2 Å². The average Bonchev–Trinajstić information content (AvgIpc) is 3.09. The first-order chi connectivity index (χ1) is 9.54. The van der Waals surface area contributed by atoms with Gasteiger partial charge in [0.1, 0.15) is 0 Å². The Labute approximate surface area is 122 Å². The van der Waals surface area contributed by atoms with Crippen LogP contribution in [-0.4, -0.2) is 10.1 Å². The summed E-state index contributed by atoms with van der Waals surface area (Å²) >= 11 is 1.59. The van der Waals surface area contributed by atoms with Crippen molar-refractivity contribution < 1.29 is 4.52 Å². The Morgan fingerprint density at radius 1 is 1.05 bits per heavy atom. The van der Waals surface area contributed by atoms with Crippen LogP contribution in [0.4, 0.5) is 0 Å². The Morgan fingerprint density at radius 3 is 2.40 bits per heavy atom. The van der Waals surface area contributed by atoms with Crippen molar-refractivity contribution in [3.8, 4) is 22.2 Å². The van der Waals surface area contributed by atoms with Crippen LogP contribution in [0.25, 0.3) is 22.2 Å². The van der Waals surface area contributed by atoms with Gasteiger partial charge in [-0.2, -0.15) is 4.98 Å². The first-order valence-electron chi connectivity index (χ1n) is 6.52. The lowest BCUT2D eigenvalue weighted by Gasteiger charge is -2.18. The van der Waals surface area contributed by atoms with E-state index in [2.05, 4.69) is 43.0 Å². The number of hydrogen-bond acceptors (Lipinski definition) is 4. The molecule has 3 rings (SSSR count). The molecule has 0 aliphatic carbocycles. The van der Waals surface area contributed by atoms with E-state index in [0.717, 1.165) is 10.4 Å². The molecule has 1 aromatic carbocycles. The molecule has 20 heavy (non-hydrogen) atoms. The molecule has 0 N–H and O–H groups in total. The summed E-state index contributed by atoms with van der Waals surface area (Å²) in [7, 11) is 0. The van der Waals surface area contributed by atoms with Gasteiger partial charge in [0.2, 0.25) is 5.82 Å². The predicted octanol–water partition coefficient (Wildman–Crippen LogP) is 4.76. The summed E-state index contributed by atoms with van der Waals surface area (Å²) in [5, 5.41) is 6.05. The standard InChI is InChI=1S/C16H16N2OS/c1-16(2,3)12-8-6-11(7-9-12)14-17-15(19-18-14)13-5-4-10-20-13/h4-10H,1-3H3. The lowest BCUT2D eigenvalue weighted by atomic mass is 9.87. The molecule has 0 spiro atoms. The molecule has 0 atom stereocenters. The van der Waals surface area contributed by atoms with Gasteiger partial charge in [-0.15, -0.1) is 11.3 Å². The van der Waals surface area contributed by atoms with E-state index in [4.69, 9.17) is 4.52 Å². The molecule has 0 radical (unpaired) electrons. The van der Waals surface area contributed by atoms with E-state index >= 15 is 0 Å². The second kappa shape index (κ2) is 4.87. The summed E-state index contributed by atoms with van der Waals surface area (Å²) in [5.41, 5.74) is 2.42. The van der Waals surface area contributed by atoms with Gasteiger partial charge in [0, 0.05) is 5.56 Å². The van der Waals surface area contributed by atoms with Crippen LogP contribution < -0.4 is 0 Å². The molecular formula is C16H16N2OS. The topological polar surface area (TPSA) is 38.9 Å². The van der Waals surface area contributed by atoms with Gasteiger partial charge in [-0.3, -0.25) is 0 Å². The number of thiophene rings is 1. The predicted molar refractivity (Wildman–Crippen MR) is 81.7 cm³/mol. The third kappa shape index (κ3) is 2.51. The molecule has 0 aliphatic heterocycles. The van der Waals surface area contributed by atoms with Gasteiger partial charge < -0.3 is 4.52 Å². The molecule has 3 nitrogen and oxygen atoms in total. The molecule has 0 unspecified atom stereocenters. The molecule has 0 saturated carbocycles. The minimum absolute atomic E-state index is 0.151. The maximum absolute atomic E-state index is 5.31. The number of hydrogen-bond donors (Lipinski definition) is 0. The monoisotopic (exact) mass is 284 g/mol. The van der Waals surface area contributed by atoms with Gasteiger partial charge in [-0.1, -0.05) is 56.3 Å². The van der Waals surface area contributed by atoms with Crippen LogP contribution in [0.2, 0.25) is 0 Å². The van der Waals surface area contributed by atoms with E-state index < -0.39 is 0 Å². The summed E-state index contributed by atoms with van der Waals surface area (Å²) in [6, 6.07) is 12.3. The van der Waals surface area contributed by atoms with Crippen molar-refractivity contribution in [3.05, 3.63) is 47.3 Å². The van der Waals surface area contributed by atoms with Gasteiger partial charge >= 0.3 is 0 Å². The van der Waals surface area contributed by atoms with E-state index in [9.17, 15) is 0 Å². The molecule has 0 amide bonds. The molecule has 3 aromatic rings. The highest BCUT2D eigenvalue weighted by molar-refractivity contribution is 7.13. The fourth-order valence-electron chi connectivity index (χ4n) is 1.96. The Morgan fingerprint density at radius 2 is 1.80 bits per heavy atom. The van der Waals surface area contributed by atoms with Crippen molar-refractivity contribution in [3.63, 3.8) is 0 Å². The van der Waals surface area contributed by atoms with Crippen LogP contribution in [0, 0.1) is 0 Å². The molecule has 102 valence electrons. The zero-order valence-electron chi connectivity index (χ0n) is 11.8. The molecule has 0 fully saturated rings. The minimum atomic E-state index is 0.151. The van der Waals surface area contributed by atoms with Gasteiger partial charge in [-0.05, 0) is 22.4 Å². The lowest BCUT2D eigenvalue weighted by molar-refractivity contribution is 0.433. The Kier molecular flexibility index (Phi) is 3.18. The molecule has 4 heteroatoms. The maximum atomic E-state index is 5.31. The van der Waals surface area contributed by atoms with Gasteiger partial charge in [-0.25, -0.2) is 0 Å². The van der Waals surface area contributed by atoms with Crippen LogP contribution in [-0.2, 0) is 5.41 Å². The molecule has 2 aromatic heterocycles. The first-order valence-corrected chi connectivity index (χ1v) is 7.40. The quantitative estimate of drug-likeness (QED) is 0.681. The highest BCUT2D eigenvalue weighted by Crippen LogP contribution is 2.27. The second-order valence-corrected chi connectivity index (χ2v) is 6.68. The van der Waals surface area contributed by atoms with E-state index in [1.807, 2.05) is 29.6 Å². The SMILES string of the molecule is CC(C)(C)c1ccc(-c2noc(-c3cccs3)n2)cc1. The Balaban J connectivity index is 1.90. The largest absolute Gasteiger partial charge is 0.333 e. The van der Waals surface area contributed by atoms with Crippen LogP contribution in [0.3, 0.4) is 0 Å². The Hall–Kier alpha value is -1.94. The Bertz CT molecular complexity index is 691. The summed E-state index contributed by atoms with van der Waals surface area (Å²) in [5.74, 6) is 1.21. The third-order valence-corrected chi connectivity index (χ3v) is 4.02. The normalized spacial score (nSPS) is 11.8. The average molecular weight is 284 g/mol. The summed E-state index contributed by atoms with van der Waals surface area (Å²) in [6.45, 7) is 6.60. The summed E-state index contributed by atoms with van der Waals surface area (Å²) < 4.78 is 5.31. The van der Waals surface area contributed by atoms with E-state index in [1.54, 1.807) is 11.3 Å². The second-order valence-electron chi connectivity index (χ2n) is 5.73. The zero-order chi connectivity index (χ0) is 14.2. The molecule has 2 heterocycles. The molecule has 0 bridgehead atoms.